The van der Waals surface area contributed by atoms with E-state index in [1.54, 1.807) is 0 Å². The number of nitrogens with one attached hydrogen (secondary N) is 1. The SMILES string of the molecule is O=C(Cc1cccc(Br)c1)NC1(c2ccccc2)CCC1. The molecule has 0 saturated heterocycles. The minimum absolute atomic E-state index is 0.0941. The number of benzene rings is 2. The van der Waals surface area contributed by atoms with E-state index in [9.17, 15) is 4.79 Å². The molecule has 3 heteroatoms. The quantitative estimate of drug-likeness (QED) is 0.885. The molecule has 1 aliphatic rings. The van der Waals surface area contributed by atoms with Crippen molar-refractivity contribution >= 4 is 21.8 Å². The number of amides is 1. The van der Waals surface area contributed by atoms with Crippen LogP contribution >= 0.6 is 15.9 Å². The van der Waals surface area contributed by atoms with Crippen LogP contribution in [0.1, 0.15) is 30.4 Å². The Bertz CT molecular complexity index is 635. The summed E-state index contributed by atoms with van der Waals surface area (Å²) in [5.74, 6) is 0.0941. The van der Waals surface area contributed by atoms with Crippen molar-refractivity contribution in [2.24, 2.45) is 0 Å². The Kier molecular flexibility index (Phi) is 4.11. The lowest BCUT2D eigenvalue weighted by molar-refractivity contribution is -0.123. The van der Waals surface area contributed by atoms with Crippen LogP contribution in [0.5, 0.6) is 0 Å². The normalized spacial score (nSPS) is 16.0. The summed E-state index contributed by atoms with van der Waals surface area (Å²) in [6.45, 7) is 0. The molecule has 0 unspecified atom stereocenters. The van der Waals surface area contributed by atoms with Gasteiger partial charge in [-0.15, -0.1) is 0 Å². The molecule has 0 bridgehead atoms. The fraction of sp³-hybridized carbons (Fsp3) is 0.278. The highest BCUT2D eigenvalue weighted by Crippen LogP contribution is 2.41. The molecule has 2 nitrogen and oxygen atoms in total. The first kappa shape index (κ1) is 14.3. The van der Waals surface area contributed by atoms with Gasteiger partial charge in [-0.2, -0.15) is 0 Å². The molecular formula is C18H18BrNO. The second-order valence-corrected chi connectivity index (χ2v) is 6.57. The Hall–Kier alpha value is -1.61. The molecule has 1 fully saturated rings. The molecule has 1 saturated carbocycles. The number of rotatable bonds is 4. The van der Waals surface area contributed by atoms with Gasteiger partial charge in [0.15, 0.2) is 0 Å². The van der Waals surface area contributed by atoms with Gasteiger partial charge < -0.3 is 5.32 Å². The Labute approximate surface area is 133 Å². The van der Waals surface area contributed by atoms with E-state index < -0.39 is 0 Å². The maximum absolute atomic E-state index is 12.4. The van der Waals surface area contributed by atoms with Crippen LogP contribution in [0.25, 0.3) is 0 Å². The zero-order valence-electron chi connectivity index (χ0n) is 11.8. The van der Waals surface area contributed by atoms with Gasteiger partial charge in [-0.05, 0) is 42.5 Å². The highest BCUT2D eigenvalue weighted by atomic mass is 79.9. The maximum Gasteiger partial charge on any atom is 0.225 e. The summed E-state index contributed by atoms with van der Waals surface area (Å²) in [6.07, 6.45) is 3.66. The summed E-state index contributed by atoms with van der Waals surface area (Å²) in [5.41, 5.74) is 2.10. The largest absolute Gasteiger partial charge is 0.346 e. The topological polar surface area (TPSA) is 29.1 Å². The molecule has 0 radical (unpaired) electrons. The minimum Gasteiger partial charge on any atom is -0.346 e. The van der Waals surface area contributed by atoms with Gasteiger partial charge in [-0.25, -0.2) is 0 Å². The van der Waals surface area contributed by atoms with E-state index in [1.165, 1.54) is 12.0 Å². The van der Waals surface area contributed by atoms with E-state index in [0.29, 0.717) is 6.42 Å². The molecule has 1 aliphatic carbocycles. The van der Waals surface area contributed by atoms with Crippen molar-refractivity contribution in [3.05, 3.63) is 70.2 Å². The summed E-state index contributed by atoms with van der Waals surface area (Å²) >= 11 is 3.44. The Balaban J connectivity index is 1.71. The van der Waals surface area contributed by atoms with Crippen molar-refractivity contribution in [3.63, 3.8) is 0 Å². The van der Waals surface area contributed by atoms with E-state index in [2.05, 4.69) is 33.4 Å². The summed E-state index contributed by atoms with van der Waals surface area (Å²) in [5, 5.41) is 3.26. The number of hydrogen-bond acceptors (Lipinski definition) is 1. The van der Waals surface area contributed by atoms with E-state index in [4.69, 9.17) is 0 Å². The first-order valence-corrected chi connectivity index (χ1v) is 8.08. The fourth-order valence-corrected chi connectivity index (χ4v) is 3.36. The molecule has 1 amide bonds. The Morgan fingerprint density at radius 3 is 2.48 bits per heavy atom. The zero-order valence-corrected chi connectivity index (χ0v) is 13.4. The highest BCUT2D eigenvalue weighted by Gasteiger charge is 2.39. The molecule has 1 N–H and O–H groups in total. The summed E-state index contributed by atoms with van der Waals surface area (Å²) in [6, 6.07) is 18.2. The van der Waals surface area contributed by atoms with Crippen LogP contribution in [0, 0.1) is 0 Å². The molecule has 2 aromatic carbocycles. The van der Waals surface area contributed by atoms with Crippen LogP contribution in [0.4, 0.5) is 0 Å². The summed E-state index contributed by atoms with van der Waals surface area (Å²) < 4.78 is 1.01. The van der Waals surface area contributed by atoms with Crippen LogP contribution in [0.3, 0.4) is 0 Å². The van der Waals surface area contributed by atoms with Crippen LogP contribution in [0.2, 0.25) is 0 Å². The standard InChI is InChI=1S/C18H18BrNO/c19-16-9-4-6-14(12-16)13-17(21)20-18(10-5-11-18)15-7-2-1-3-8-15/h1-4,6-9,12H,5,10-11,13H2,(H,20,21). The van der Waals surface area contributed by atoms with Crippen LogP contribution in [-0.2, 0) is 16.8 Å². The third-order valence-corrected chi connectivity index (χ3v) is 4.66. The molecule has 0 spiro atoms. The summed E-state index contributed by atoms with van der Waals surface area (Å²) in [4.78, 5) is 12.4. The molecule has 3 rings (SSSR count). The maximum atomic E-state index is 12.4. The Morgan fingerprint density at radius 2 is 1.86 bits per heavy atom. The predicted octanol–water partition coefficient (Wildman–Crippen LogP) is 4.19. The van der Waals surface area contributed by atoms with Gasteiger partial charge >= 0.3 is 0 Å². The molecule has 21 heavy (non-hydrogen) atoms. The number of carbonyl (C=O) groups is 1. The van der Waals surface area contributed by atoms with Crippen molar-refractivity contribution in [2.45, 2.75) is 31.2 Å². The van der Waals surface area contributed by atoms with Gasteiger partial charge in [-0.3, -0.25) is 4.79 Å². The first-order valence-electron chi connectivity index (χ1n) is 7.29. The van der Waals surface area contributed by atoms with Gasteiger partial charge in [-0.1, -0.05) is 58.4 Å². The predicted molar refractivity (Wildman–Crippen MR) is 88.0 cm³/mol. The lowest BCUT2D eigenvalue weighted by Crippen LogP contribution is -2.51. The fourth-order valence-electron chi connectivity index (χ4n) is 2.92. The molecule has 0 heterocycles. The van der Waals surface area contributed by atoms with Crippen molar-refractivity contribution in [1.29, 1.82) is 0 Å². The molecule has 108 valence electrons. The Morgan fingerprint density at radius 1 is 1.10 bits per heavy atom. The number of hydrogen-bond donors (Lipinski definition) is 1. The van der Waals surface area contributed by atoms with Crippen molar-refractivity contribution in [2.75, 3.05) is 0 Å². The lowest BCUT2D eigenvalue weighted by Gasteiger charge is -2.43. The molecule has 0 aliphatic heterocycles. The van der Waals surface area contributed by atoms with E-state index in [-0.39, 0.29) is 11.4 Å². The smallest absolute Gasteiger partial charge is 0.225 e. The van der Waals surface area contributed by atoms with E-state index >= 15 is 0 Å². The van der Waals surface area contributed by atoms with Gasteiger partial charge in [0.05, 0.1) is 12.0 Å². The van der Waals surface area contributed by atoms with Crippen LogP contribution in [0.15, 0.2) is 59.1 Å². The van der Waals surface area contributed by atoms with E-state index in [1.807, 2.05) is 42.5 Å². The molecule has 2 aromatic rings. The van der Waals surface area contributed by atoms with Gasteiger partial charge in [0.2, 0.25) is 5.91 Å². The van der Waals surface area contributed by atoms with E-state index in [0.717, 1.165) is 22.9 Å². The number of halogens is 1. The van der Waals surface area contributed by atoms with Crippen LogP contribution in [-0.4, -0.2) is 5.91 Å². The van der Waals surface area contributed by atoms with Crippen molar-refractivity contribution < 1.29 is 4.79 Å². The van der Waals surface area contributed by atoms with Crippen LogP contribution < -0.4 is 5.32 Å². The molecule has 0 atom stereocenters. The second kappa shape index (κ2) is 6.02. The number of carbonyl (C=O) groups excluding carboxylic acids is 1. The minimum atomic E-state index is -0.148. The average molecular weight is 344 g/mol. The monoisotopic (exact) mass is 343 g/mol. The van der Waals surface area contributed by atoms with Gasteiger partial charge in [0.1, 0.15) is 0 Å². The first-order chi connectivity index (χ1) is 10.2. The van der Waals surface area contributed by atoms with Gasteiger partial charge in [0.25, 0.3) is 0 Å². The second-order valence-electron chi connectivity index (χ2n) is 5.66. The third-order valence-electron chi connectivity index (χ3n) is 4.17. The average Bonchev–Trinajstić information content (AvgIpc) is 2.44. The van der Waals surface area contributed by atoms with Crippen molar-refractivity contribution in [1.82, 2.24) is 5.32 Å². The zero-order chi connectivity index (χ0) is 14.7. The van der Waals surface area contributed by atoms with Gasteiger partial charge in [0, 0.05) is 4.47 Å². The highest BCUT2D eigenvalue weighted by molar-refractivity contribution is 9.10. The lowest BCUT2D eigenvalue weighted by atomic mass is 9.71. The van der Waals surface area contributed by atoms with Crippen molar-refractivity contribution in [3.8, 4) is 0 Å². The molecular weight excluding hydrogens is 326 g/mol. The third kappa shape index (κ3) is 3.18. The molecule has 0 aromatic heterocycles. The summed E-state index contributed by atoms with van der Waals surface area (Å²) in [7, 11) is 0.